The molecule has 21 heavy (non-hydrogen) atoms. The minimum Gasteiger partial charge on any atom is -0.459 e. The number of ether oxygens (including phenoxy) is 1. The fraction of sp³-hybridized carbons (Fsp3) is 0.188. The van der Waals surface area contributed by atoms with Gasteiger partial charge in [0.15, 0.2) is 0 Å². The van der Waals surface area contributed by atoms with Crippen LogP contribution >= 0.6 is 0 Å². The van der Waals surface area contributed by atoms with Crippen LogP contribution in [0.25, 0.3) is 0 Å². The van der Waals surface area contributed by atoms with Crippen molar-refractivity contribution in [2.45, 2.75) is 20.0 Å². The van der Waals surface area contributed by atoms with Crippen LogP contribution in [0.3, 0.4) is 0 Å². The van der Waals surface area contributed by atoms with Crippen LogP contribution in [0, 0.1) is 5.82 Å². The molecule has 2 aromatic carbocycles. The summed E-state index contributed by atoms with van der Waals surface area (Å²) in [4.78, 5) is 12.1. The Balaban J connectivity index is 2.30. The Morgan fingerprint density at radius 3 is 2.48 bits per heavy atom. The highest BCUT2D eigenvalue weighted by Crippen LogP contribution is 2.24. The van der Waals surface area contributed by atoms with Crippen molar-refractivity contribution in [2.75, 3.05) is 11.1 Å². The van der Waals surface area contributed by atoms with Gasteiger partial charge in [0.25, 0.3) is 0 Å². The maximum Gasteiger partial charge on any atom is 0.340 e. The molecule has 0 aliphatic carbocycles. The summed E-state index contributed by atoms with van der Waals surface area (Å²) in [5, 5.41) is 3.06. The Labute approximate surface area is 122 Å². The zero-order valence-corrected chi connectivity index (χ0v) is 11.9. The third-order valence-electron chi connectivity index (χ3n) is 2.73. The quantitative estimate of drug-likeness (QED) is 0.665. The zero-order chi connectivity index (χ0) is 15.4. The number of carbonyl (C=O) groups is 1. The van der Waals surface area contributed by atoms with Crippen molar-refractivity contribution >= 4 is 23.0 Å². The number of carbonyl (C=O) groups excluding carboxylic acids is 1. The summed E-state index contributed by atoms with van der Waals surface area (Å²) in [6.45, 7) is 3.55. The van der Waals surface area contributed by atoms with Gasteiger partial charge in [-0.05, 0) is 56.3 Å². The zero-order valence-electron chi connectivity index (χ0n) is 11.9. The minimum atomic E-state index is -0.457. The highest BCUT2D eigenvalue weighted by molar-refractivity contribution is 5.97. The first-order valence-corrected chi connectivity index (χ1v) is 6.59. The van der Waals surface area contributed by atoms with E-state index < -0.39 is 5.97 Å². The topological polar surface area (TPSA) is 64.3 Å². The van der Waals surface area contributed by atoms with Crippen molar-refractivity contribution in [1.82, 2.24) is 0 Å². The molecule has 0 fully saturated rings. The summed E-state index contributed by atoms with van der Waals surface area (Å²) >= 11 is 0. The Hall–Kier alpha value is -2.56. The molecule has 0 amide bonds. The third kappa shape index (κ3) is 3.95. The number of benzene rings is 2. The molecule has 0 aliphatic rings. The van der Waals surface area contributed by atoms with Crippen LogP contribution in [0.1, 0.15) is 24.2 Å². The van der Waals surface area contributed by atoms with Crippen LogP contribution < -0.4 is 11.1 Å². The fourth-order valence-corrected chi connectivity index (χ4v) is 1.81. The van der Waals surface area contributed by atoms with Gasteiger partial charge < -0.3 is 15.8 Å². The van der Waals surface area contributed by atoms with Gasteiger partial charge in [-0.3, -0.25) is 0 Å². The number of nitrogens with one attached hydrogen (secondary N) is 1. The molecular formula is C16H17FN2O2. The van der Waals surface area contributed by atoms with Gasteiger partial charge in [0.1, 0.15) is 5.82 Å². The molecule has 3 N–H and O–H groups in total. The number of hydrogen-bond donors (Lipinski definition) is 2. The van der Waals surface area contributed by atoms with Gasteiger partial charge in [0, 0.05) is 11.4 Å². The van der Waals surface area contributed by atoms with E-state index in [1.165, 1.54) is 12.1 Å². The third-order valence-corrected chi connectivity index (χ3v) is 2.73. The van der Waals surface area contributed by atoms with Crippen molar-refractivity contribution in [3.05, 3.63) is 53.8 Å². The first-order chi connectivity index (χ1) is 9.95. The second-order valence-electron chi connectivity index (χ2n) is 4.89. The predicted molar refractivity (Wildman–Crippen MR) is 81.1 cm³/mol. The number of nitrogen functional groups attached to an aromatic ring is 1. The monoisotopic (exact) mass is 288 g/mol. The van der Waals surface area contributed by atoms with Crippen LogP contribution in [0.4, 0.5) is 21.5 Å². The Kier molecular flexibility index (Phi) is 4.42. The number of rotatable bonds is 4. The molecule has 0 heterocycles. The molecule has 0 saturated carbocycles. The van der Waals surface area contributed by atoms with Gasteiger partial charge in [-0.15, -0.1) is 0 Å². The standard InChI is InChI=1S/C16H17FN2O2/c1-10(2)21-16(20)14-9-12(18)5-8-15(14)19-13-6-3-11(17)4-7-13/h3-10,19H,18H2,1-2H3. The van der Waals surface area contributed by atoms with Crippen molar-refractivity contribution in [2.24, 2.45) is 0 Å². The Morgan fingerprint density at radius 1 is 1.19 bits per heavy atom. The van der Waals surface area contributed by atoms with Gasteiger partial charge in [-0.2, -0.15) is 0 Å². The van der Waals surface area contributed by atoms with E-state index in [0.717, 1.165) is 0 Å². The molecule has 5 heteroatoms. The van der Waals surface area contributed by atoms with E-state index in [0.29, 0.717) is 22.6 Å². The first-order valence-electron chi connectivity index (χ1n) is 6.59. The molecule has 0 atom stereocenters. The molecule has 0 aliphatic heterocycles. The highest BCUT2D eigenvalue weighted by Gasteiger charge is 2.15. The van der Waals surface area contributed by atoms with Crippen LogP contribution in [0.15, 0.2) is 42.5 Å². The fourth-order valence-electron chi connectivity index (χ4n) is 1.81. The lowest BCUT2D eigenvalue weighted by Crippen LogP contribution is -2.13. The van der Waals surface area contributed by atoms with E-state index in [1.807, 2.05) is 0 Å². The molecule has 110 valence electrons. The molecule has 2 aromatic rings. The second-order valence-corrected chi connectivity index (χ2v) is 4.89. The van der Waals surface area contributed by atoms with E-state index in [4.69, 9.17) is 10.5 Å². The number of hydrogen-bond acceptors (Lipinski definition) is 4. The Morgan fingerprint density at radius 2 is 1.86 bits per heavy atom. The van der Waals surface area contributed by atoms with E-state index in [9.17, 15) is 9.18 Å². The molecule has 0 radical (unpaired) electrons. The van der Waals surface area contributed by atoms with Crippen molar-refractivity contribution in [3.63, 3.8) is 0 Å². The maximum atomic E-state index is 12.9. The molecular weight excluding hydrogens is 271 g/mol. The minimum absolute atomic E-state index is 0.224. The molecule has 0 aromatic heterocycles. The lowest BCUT2D eigenvalue weighted by atomic mass is 10.1. The number of nitrogens with two attached hydrogens (primary N) is 1. The molecule has 0 unspecified atom stereocenters. The Bertz CT molecular complexity index is 639. The first kappa shape index (κ1) is 14.8. The molecule has 0 saturated heterocycles. The van der Waals surface area contributed by atoms with Crippen molar-refractivity contribution < 1.29 is 13.9 Å². The lowest BCUT2D eigenvalue weighted by Gasteiger charge is -2.14. The molecule has 0 bridgehead atoms. The van der Waals surface area contributed by atoms with Crippen LogP contribution in [-0.2, 0) is 4.74 Å². The largest absolute Gasteiger partial charge is 0.459 e. The summed E-state index contributed by atoms with van der Waals surface area (Å²) < 4.78 is 18.1. The summed E-state index contributed by atoms with van der Waals surface area (Å²) in [6, 6.07) is 10.8. The average molecular weight is 288 g/mol. The van der Waals surface area contributed by atoms with Gasteiger partial charge in [-0.1, -0.05) is 0 Å². The highest BCUT2D eigenvalue weighted by atomic mass is 19.1. The average Bonchev–Trinajstić information content (AvgIpc) is 2.42. The van der Waals surface area contributed by atoms with E-state index in [-0.39, 0.29) is 11.9 Å². The molecule has 4 nitrogen and oxygen atoms in total. The molecule has 2 rings (SSSR count). The van der Waals surface area contributed by atoms with E-state index in [1.54, 1.807) is 44.2 Å². The SMILES string of the molecule is CC(C)OC(=O)c1cc(N)ccc1Nc1ccc(F)cc1. The maximum absolute atomic E-state index is 12.9. The number of anilines is 3. The predicted octanol–water partition coefficient (Wildman–Crippen LogP) is 3.72. The van der Waals surface area contributed by atoms with E-state index in [2.05, 4.69) is 5.32 Å². The summed E-state index contributed by atoms with van der Waals surface area (Å²) in [7, 11) is 0. The lowest BCUT2D eigenvalue weighted by molar-refractivity contribution is 0.0379. The second kappa shape index (κ2) is 6.26. The summed E-state index contributed by atoms with van der Waals surface area (Å²) in [5.74, 6) is -0.779. The number of esters is 1. The smallest absolute Gasteiger partial charge is 0.340 e. The summed E-state index contributed by atoms with van der Waals surface area (Å²) in [6.07, 6.45) is -0.224. The normalized spacial score (nSPS) is 10.5. The summed E-state index contributed by atoms with van der Waals surface area (Å²) in [5.41, 5.74) is 7.76. The molecule has 0 spiro atoms. The van der Waals surface area contributed by atoms with Crippen LogP contribution in [-0.4, -0.2) is 12.1 Å². The van der Waals surface area contributed by atoms with Gasteiger partial charge in [0.05, 0.1) is 17.4 Å². The number of halogens is 1. The van der Waals surface area contributed by atoms with Gasteiger partial charge in [0.2, 0.25) is 0 Å². The van der Waals surface area contributed by atoms with Gasteiger partial charge >= 0.3 is 5.97 Å². The van der Waals surface area contributed by atoms with E-state index >= 15 is 0 Å². The van der Waals surface area contributed by atoms with Crippen molar-refractivity contribution in [1.29, 1.82) is 0 Å². The van der Waals surface area contributed by atoms with Crippen LogP contribution in [0.2, 0.25) is 0 Å². The van der Waals surface area contributed by atoms with Crippen LogP contribution in [0.5, 0.6) is 0 Å². The van der Waals surface area contributed by atoms with Crippen molar-refractivity contribution in [3.8, 4) is 0 Å². The van der Waals surface area contributed by atoms with Gasteiger partial charge in [-0.25, -0.2) is 9.18 Å².